The fourth-order valence-electron chi connectivity index (χ4n) is 4.01. The van der Waals surface area contributed by atoms with E-state index in [-0.39, 0.29) is 19.1 Å². The summed E-state index contributed by atoms with van der Waals surface area (Å²) in [5.74, 6) is -6.03. The van der Waals surface area contributed by atoms with Crippen molar-refractivity contribution >= 4 is 18.0 Å². The topological polar surface area (TPSA) is 108 Å². The Morgan fingerprint density at radius 3 is 2.06 bits per heavy atom. The van der Waals surface area contributed by atoms with Gasteiger partial charge in [0, 0.05) is 19.0 Å². The molecule has 2 unspecified atom stereocenters. The molecule has 0 fully saturated rings. The number of alkyl carbamates (subject to hydrolysis) is 1. The van der Waals surface area contributed by atoms with E-state index in [1.807, 2.05) is 53.8 Å². The molecule has 0 radical (unpaired) electrons. The third-order valence-electron chi connectivity index (χ3n) is 5.67. The summed E-state index contributed by atoms with van der Waals surface area (Å²) in [6, 6.07) is 14.2. The highest BCUT2D eigenvalue weighted by Gasteiger charge is 2.45. The summed E-state index contributed by atoms with van der Waals surface area (Å²) < 4.78 is 44.0. The standard InChI is InChI=1S/C24H26F3N3O5/c1-30(2)12-20(21(31)28-11-19(22(32)33)24(25,26)27)29-23(34)35-13-18-16-9-5-3-7-14(16)15-8-4-6-10-17(15)18/h3-10,18-20H,11-13H2,1-2H3,(H,28,31)(H,29,34)(H,32,33). The maximum absolute atomic E-state index is 12.9. The fraction of sp³-hybridized carbons (Fsp3) is 0.375. The molecule has 188 valence electrons. The van der Waals surface area contributed by atoms with Crippen LogP contribution in [0.4, 0.5) is 18.0 Å². The summed E-state index contributed by atoms with van der Waals surface area (Å²) in [7, 11) is 3.21. The molecule has 0 aromatic heterocycles. The molecular weight excluding hydrogens is 467 g/mol. The van der Waals surface area contributed by atoms with Gasteiger partial charge in [0.05, 0.1) is 0 Å². The van der Waals surface area contributed by atoms with Crippen molar-refractivity contribution in [2.75, 3.05) is 33.8 Å². The number of amides is 2. The molecule has 2 atom stereocenters. The minimum absolute atomic E-state index is 0.00861. The predicted molar refractivity (Wildman–Crippen MR) is 121 cm³/mol. The minimum atomic E-state index is -5.03. The van der Waals surface area contributed by atoms with Crippen LogP contribution >= 0.6 is 0 Å². The molecular formula is C24H26F3N3O5. The summed E-state index contributed by atoms with van der Waals surface area (Å²) in [6.07, 6.45) is -5.95. The van der Waals surface area contributed by atoms with Crippen molar-refractivity contribution in [1.29, 1.82) is 0 Å². The molecule has 8 nitrogen and oxygen atoms in total. The SMILES string of the molecule is CN(C)CC(NC(=O)OCC1c2ccccc2-c2ccccc21)C(=O)NCC(C(=O)O)C(F)(F)F. The van der Waals surface area contributed by atoms with Crippen molar-refractivity contribution in [2.24, 2.45) is 5.92 Å². The first-order valence-corrected chi connectivity index (χ1v) is 10.8. The highest BCUT2D eigenvalue weighted by atomic mass is 19.4. The van der Waals surface area contributed by atoms with E-state index in [1.54, 1.807) is 19.0 Å². The van der Waals surface area contributed by atoms with Gasteiger partial charge in [-0.2, -0.15) is 13.2 Å². The third kappa shape index (κ3) is 6.30. The Morgan fingerprint density at radius 1 is 1.03 bits per heavy atom. The quantitative estimate of drug-likeness (QED) is 0.496. The first kappa shape index (κ1) is 26.0. The Bertz CT molecular complexity index is 1040. The van der Waals surface area contributed by atoms with Crippen LogP contribution in [0.15, 0.2) is 48.5 Å². The van der Waals surface area contributed by atoms with E-state index < -0.39 is 42.7 Å². The van der Waals surface area contributed by atoms with Crippen molar-refractivity contribution < 1.29 is 37.4 Å². The maximum atomic E-state index is 12.9. The molecule has 2 aromatic carbocycles. The van der Waals surface area contributed by atoms with Crippen molar-refractivity contribution in [3.8, 4) is 11.1 Å². The number of nitrogens with one attached hydrogen (secondary N) is 2. The van der Waals surface area contributed by atoms with E-state index in [2.05, 4.69) is 5.32 Å². The number of aliphatic carboxylic acids is 1. The molecule has 0 saturated heterocycles. The van der Waals surface area contributed by atoms with E-state index in [0.29, 0.717) is 0 Å². The van der Waals surface area contributed by atoms with Crippen LogP contribution in [0.25, 0.3) is 11.1 Å². The zero-order chi connectivity index (χ0) is 25.8. The van der Waals surface area contributed by atoms with Gasteiger partial charge in [0.25, 0.3) is 0 Å². The van der Waals surface area contributed by atoms with Crippen LogP contribution in [0.3, 0.4) is 0 Å². The van der Waals surface area contributed by atoms with E-state index >= 15 is 0 Å². The van der Waals surface area contributed by atoms with Crippen molar-refractivity contribution in [3.63, 3.8) is 0 Å². The lowest BCUT2D eigenvalue weighted by Crippen LogP contribution is -2.53. The van der Waals surface area contributed by atoms with Crippen molar-refractivity contribution in [1.82, 2.24) is 15.5 Å². The van der Waals surface area contributed by atoms with Gasteiger partial charge in [0.15, 0.2) is 5.92 Å². The number of likely N-dealkylation sites (N-methyl/N-ethyl adjacent to an activating group) is 1. The molecule has 0 saturated carbocycles. The van der Waals surface area contributed by atoms with Crippen LogP contribution < -0.4 is 10.6 Å². The second-order valence-electron chi connectivity index (χ2n) is 8.46. The Kier molecular flexibility index (Phi) is 8.00. The van der Waals surface area contributed by atoms with Crippen LogP contribution in [-0.4, -0.2) is 74.0 Å². The molecule has 1 aliphatic rings. The lowest BCUT2D eigenvalue weighted by molar-refractivity contribution is -0.192. The number of nitrogens with zero attached hydrogens (tertiary/aromatic N) is 1. The molecule has 1 aliphatic carbocycles. The van der Waals surface area contributed by atoms with E-state index in [0.717, 1.165) is 22.3 Å². The molecule has 2 amide bonds. The zero-order valence-corrected chi connectivity index (χ0v) is 19.1. The van der Waals surface area contributed by atoms with Gasteiger partial charge >= 0.3 is 18.2 Å². The smallest absolute Gasteiger partial charge is 0.407 e. The monoisotopic (exact) mass is 493 g/mol. The average Bonchev–Trinajstić information content (AvgIpc) is 3.09. The Labute approximate surface area is 200 Å². The van der Waals surface area contributed by atoms with E-state index in [4.69, 9.17) is 9.84 Å². The zero-order valence-electron chi connectivity index (χ0n) is 19.1. The lowest BCUT2D eigenvalue weighted by Gasteiger charge is -2.23. The fourth-order valence-corrected chi connectivity index (χ4v) is 4.01. The molecule has 0 bridgehead atoms. The number of benzene rings is 2. The number of halogens is 3. The number of carboxylic acids is 1. The van der Waals surface area contributed by atoms with Crippen LogP contribution in [-0.2, 0) is 14.3 Å². The van der Waals surface area contributed by atoms with Crippen molar-refractivity contribution in [3.05, 3.63) is 59.7 Å². The van der Waals surface area contributed by atoms with E-state index in [1.165, 1.54) is 0 Å². The van der Waals surface area contributed by atoms with E-state index in [9.17, 15) is 27.6 Å². The summed E-state index contributed by atoms with van der Waals surface area (Å²) in [5.41, 5.74) is 4.08. The Morgan fingerprint density at radius 2 is 1.57 bits per heavy atom. The number of alkyl halides is 3. The summed E-state index contributed by atoms with van der Waals surface area (Å²) in [5, 5.41) is 13.1. The molecule has 11 heteroatoms. The molecule has 35 heavy (non-hydrogen) atoms. The molecule has 2 aromatic rings. The molecule has 0 spiro atoms. The number of hydrogen-bond donors (Lipinski definition) is 3. The van der Waals surface area contributed by atoms with Gasteiger partial charge in [-0.05, 0) is 36.3 Å². The summed E-state index contributed by atoms with van der Waals surface area (Å²) in [6.45, 7) is -1.21. The van der Waals surface area contributed by atoms with Crippen molar-refractivity contribution in [2.45, 2.75) is 18.1 Å². The second kappa shape index (κ2) is 10.8. The van der Waals surface area contributed by atoms with Gasteiger partial charge in [-0.1, -0.05) is 48.5 Å². The normalized spacial score (nSPS) is 14.6. The number of carbonyl (C=O) groups is 3. The number of fused-ring (bicyclic) bond motifs is 3. The van der Waals surface area contributed by atoms with Gasteiger partial charge in [-0.25, -0.2) is 4.79 Å². The average molecular weight is 493 g/mol. The minimum Gasteiger partial charge on any atom is -0.481 e. The number of rotatable bonds is 9. The predicted octanol–water partition coefficient (Wildman–Crippen LogP) is 2.83. The van der Waals surface area contributed by atoms with Crippen LogP contribution in [0.2, 0.25) is 0 Å². The Balaban J connectivity index is 1.64. The number of hydrogen-bond acceptors (Lipinski definition) is 5. The molecule has 0 aliphatic heterocycles. The largest absolute Gasteiger partial charge is 0.481 e. The lowest BCUT2D eigenvalue weighted by atomic mass is 9.98. The van der Waals surface area contributed by atoms with Crippen LogP contribution in [0.1, 0.15) is 17.0 Å². The Hall–Kier alpha value is -3.60. The molecule has 3 rings (SSSR count). The number of carboxylic acid groups (broad SMARTS) is 1. The second-order valence-corrected chi connectivity index (χ2v) is 8.46. The highest BCUT2D eigenvalue weighted by molar-refractivity contribution is 5.86. The number of ether oxygens (including phenoxy) is 1. The summed E-state index contributed by atoms with van der Waals surface area (Å²) >= 11 is 0. The van der Waals surface area contributed by atoms with Gasteiger partial charge in [0.2, 0.25) is 5.91 Å². The van der Waals surface area contributed by atoms with Gasteiger partial charge in [-0.3, -0.25) is 9.59 Å². The number of carbonyl (C=O) groups excluding carboxylic acids is 2. The third-order valence-corrected chi connectivity index (χ3v) is 5.67. The van der Waals surface area contributed by atoms with Gasteiger partial charge in [-0.15, -0.1) is 0 Å². The summed E-state index contributed by atoms with van der Waals surface area (Å²) in [4.78, 5) is 37.5. The van der Waals surface area contributed by atoms with Crippen LogP contribution in [0.5, 0.6) is 0 Å². The molecule has 0 heterocycles. The van der Waals surface area contributed by atoms with Gasteiger partial charge < -0.3 is 25.4 Å². The highest BCUT2D eigenvalue weighted by Crippen LogP contribution is 2.44. The van der Waals surface area contributed by atoms with Crippen LogP contribution in [0, 0.1) is 5.92 Å². The first-order chi connectivity index (χ1) is 16.5. The molecule has 3 N–H and O–H groups in total. The first-order valence-electron chi connectivity index (χ1n) is 10.8. The van der Waals surface area contributed by atoms with Gasteiger partial charge in [0.1, 0.15) is 12.6 Å². The maximum Gasteiger partial charge on any atom is 0.407 e.